The number of aryl methyl sites for hydroxylation is 1. The molecule has 2 aromatic carbocycles. The Bertz CT molecular complexity index is 863. The van der Waals surface area contributed by atoms with E-state index in [2.05, 4.69) is 56.3 Å². The van der Waals surface area contributed by atoms with Crippen LogP contribution in [0.5, 0.6) is 0 Å². The third-order valence-corrected chi connectivity index (χ3v) is 5.79. The molecule has 3 heteroatoms. The second kappa shape index (κ2) is 7.83. The lowest BCUT2D eigenvalue weighted by Crippen LogP contribution is -2.27. The van der Waals surface area contributed by atoms with Crippen LogP contribution in [0.3, 0.4) is 0 Å². The maximum atomic E-state index is 13.0. The number of amides is 1. The number of nitrogens with zero attached hydrogens (tertiary/aromatic N) is 1. The Morgan fingerprint density at radius 2 is 1.80 bits per heavy atom. The summed E-state index contributed by atoms with van der Waals surface area (Å²) in [5.74, 6) is 0.150. The number of thiophene rings is 1. The van der Waals surface area contributed by atoms with Crippen LogP contribution in [0.1, 0.15) is 46.1 Å². The SMILES string of the molecule is CCCCN(C)C(=O)c1sc2ccccc2c1Cc1ccc(C)cc1. The molecule has 0 aliphatic rings. The molecule has 0 N–H and O–H groups in total. The Morgan fingerprint density at radius 1 is 1.08 bits per heavy atom. The lowest BCUT2D eigenvalue weighted by atomic mass is 10.0. The molecule has 0 fully saturated rings. The fourth-order valence-electron chi connectivity index (χ4n) is 3.03. The van der Waals surface area contributed by atoms with Crippen molar-refractivity contribution in [1.82, 2.24) is 4.90 Å². The first kappa shape index (κ1) is 17.7. The van der Waals surface area contributed by atoms with Crippen molar-refractivity contribution in [2.24, 2.45) is 0 Å². The lowest BCUT2D eigenvalue weighted by Gasteiger charge is -2.17. The topological polar surface area (TPSA) is 20.3 Å². The lowest BCUT2D eigenvalue weighted by molar-refractivity contribution is 0.0797. The molecule has 2 nitrogen and oxygen atoms in total. The molecule has 25 heavy (non-hydrogen) atoms. The van der Waals surface area contributed by atoms with E-state index in [1.165, 1.54) is 21.2 Å². The molecule has 0 aliphatic carbocycles. The van der Waals surface area contributed by atoms with Gasteiger partial charge < -0.3 is 4.90 Å². The van der Waals surface area contributed by atoms with E-state index >= 15 is 0 Å². The number of unbranched alkanes of at least 4 members (excludes halogenated alkanes) is 1. The van der Waals surface area contributed by atoms with Crippen molar-refractivity contribution in [2.75, 3.05) is 13.6 Å². The monoisotopic (exact) mass is 351 g/mol. The van der Waals surface area contributed by atoms with Crippen molar-refractivity contribution < 1.29 is 4.79 Å². The third-order valence-electron chi connectivity index (χ3n) is 4.59. The highest BCUT2D eigenvalue weighted by Gasteiger charge is 2.21. The third kappa shape index (κ3) is 3.93. The number of hydrogen-bond donors (Lipinski definition) is 0. The molecule has 0 atom stereocenters. The van der Waals surface area contributed by atoms with E-state index in [0.29, 0.717) is 0 Å². The first-order valence-electron chi connectivity index (χ1n) is 8.91. The van der Waals surface area contributed by atoms with Crippen LogP contribution >= 0.6 is 11.3 Å². The highest BCUT2D eigenvalue weighted by molar-refractivity contribution is 7.21. The Labute approximate surface area is 154 Å². The Kier molecular flexibility index (Phi) is 5.54. The van der Waals surface area contributed by atoms with E-state index in [-0.39, 0.29) is 5.91 Å². The maximum Gasteiger partial charge on any atom is 0.263 e. The first-order chi connectivity index (χ1) is 12.1. The van der Waals surface area contributed by atoms with Crippen LogP contribution in [0, 0.1) is 6.92 Å². The van der Waals surface area contributed by atoms with Gasteiger partial charge in [-0.25, -0.2) is 0 Å². The molecule has 3 rings (SSSR count). The zero-order valence-corrected chi connectivity index (χ0v) is 16.0. The van der Waals surface area contributed by atoms with Crippen LogP contribution < -0.4 is 0 Å². The highest BCUT2D eigenvalue weighted by Crippen LogP contribution is 2.33. The maximum absolute atomic E-state index is 13.0. The Morgan fingerprint density at radius 3 is 2.52 bits per heavy atom. The summed E-state index contributed by atoms with van der Waals surface area (Å²) >= 11 is 1.62. The molecular weight excluding hydrogens is 326 g/mol. The summed E-state index contributed by atoms with van der Waals surface area (Å²) in [6.07, 6.45) is 2.94. The van der Waals surface area contributed by atoms with Crippen molar-refractivity contribution >= 4 is 27.3 Å². The number of hydrogen-bond acceptors (Lipinski definition) is 2. The minimum Gasteiger partial charge on any atom is -0.341 e. The fourth-order valence-corrected chi connectivity index (χ4v) is 4.24. The van der Waals surface area contributed by atoms with E-state index in [4.69, 9.17) is 0 Å². The molecular formula is C22H25NOS. The van der Waals surface area contributed by atoms with E-state index in [9.17, 15) is 4.79 Å². The largest absolute Gasteiger partial charge is 0.341 e. The van der Waals surface area contributed by atoms with Crippen molar-refractivity contribution in [2.45, 2.75) is 33.1 Å². The highest BCUT2D eigenvalue weighted by atomic mass is 32.1. The number of rotatable bonds is 6. The van der Waals surface area contributed by atoms with Crippen LogP contribution in [0.2, 0.25) is 0 Å². The average Bonchev–Trinajstić information content (AvgIpc) is 2.99. The predicted molar refractivity (Wildman–Crippen MR) is 108 cm³/mol. The van der Waals surface area contributed by atoms with Crippen molar-refractivity contribution in [3.05, 3.63) is 70.1 Å². The molecule has 0 saturated heterocycles. The molecule has 0 bridgehead atoms. The second-order valence-corrected chi connectivity index (χ2v) is 7.70. The molecule has 130 valence electrons. The summed E-state index contributed by atoms with van der Waals surface area (Å²) in [6, 6.07) is 17.0. The number of carbonyl (C=O) groups excluding carboxylic acids is 1. The van der Waals surface area contributed by atoms with Crippen molar-refractivity contribution in [3.8, 4) is 0 Å². The molecule has 0 saturated carbocycles. The fraction of sp³-hybridized carbons (Fsp3) is 0.318. The van der Waals surface area contributed by atoms with Gasteiger partial charge in [0.15, 0.2) is 0 Å². The van der Waals surface area contributed by atoms with Crippen LogP contribution in [-0.4, -0.2) is 24.4 Å². The number of benzene rings is 2. The summed E-state index contributed by atoms with van der Waals surface area (Å²) in [5, 5.41) is 1.21. The van der Waals surface area contributed by atoms with Crippen LogP contribution in [0.25, 0.3) is 10.1 Å². The minimum absolute atomic E-state index is 0.150. The van der Waals surface area contributed by atoms with Crippen LogP contribution in [0.15, 0.2) is 48.5 Å². The Hall–Kier alpha value is -2.13. The zero-order valence-electron chi connectivity index (χ0n) is 15.2. The molecule has 3 aromatic rings. The van der Waals surface area contributed by atoms with Gasteiger partial charge in [-0.3, -0.25) is 4.79 Å². The molecule has 0 radical (unpaired) electrons. The van der Waals surface area contributed by atoms with E-state index in [1.54, 1.807) is 11.3 Å². The predicted octanol–water partition coefficient (Wildman–Crippen LogP) is 5.67. The second-order valence-electron chi connectivity index (χ2n) is 6.65. The number of carbonyl (C=O) groups is 1. The van der Waals surface area contributed by atoms with Gasteiger partial charge in [-0.1, -0.05) is 61.4 Å². The van der Waals surface area contributed by atoms with E-state index in [1.807, 2.05) is 18.0 Å². The molecule has 0 unspecified atom stereocenters. The summed E-state index contributed by atoms with van der Waals surface area (Å²) in [7, 11) is 1.91. The molecule has 1 heterocycles. The van der Waals surface area contributed by atoms with Gasteiger partial charge in [0.2, 0.25) is 0 Å². The van der Waals surface area contributed by atoms with Crippen molar-refractivity contribution in [1.29, 1.82) is 0 Å². The summed E-state index contributed by atoms with van der Waals surface area (Å²) in [6.45, 7) is 5.07. The van der Waals surface area contributed by atoms with Gasteiger partial charge in [0.25, 0.3) is 5.91 Å². The summed E-state index contributed by atoms with van der Waals surface area (Å²) < 4.78 is 1.19. The number of fused-ring (bicyclic) bond motifs is 1. The van der Waals surface area contributed by atoms with Gasteiger partial charge in [-0.15, -0.1) is 11.3 Å². The van der Waals surface area contributed by atoms with Crippen molar-refractivity contribution in [3.63, 3.8) is 0 Å². The van der Waals surface area contributed by atoms with Gasteiger partial charge in [0, 0.05) is 18.3 Å². The van der Waals surface area contributed by atoms with Crippen LogP contribution in [0.4, 0.5) is 0 Å². The van der Waals surface area contributed by atoms with Crippen LogP contribution in [-0.2, 0) is 6.42 Å². The van der Waals surface area contributed by atoms with Gasteiger partial charge >= 0.3 is 0 Å². The first-order valence-corrected chi connectivity index (χ1v) is 9.73. The Balaban J connectivity index is 1.99. The van der Waals surface area contributed by atoms with Gasteiger partial charge in [-0.05, 0) is 42.3 Å². The smallest absolute Gasteiger partial charge is 0.263 e. The molecule has 0 aliphatic heterocycles. The van der Waals surface area contributed by atoms with Gasteiger partial charge in [0.05, 0.1) is 4.88 Å². The molecule has 1 amide bonds. The summed E-state index contributed by atoms with van der Waals surface area (Å²) in [5.41, 5.74) is 3.67. The van der Waals surface area contributed by atoms with Gasteiger partial charge in [-0.2, -0.15) is 0 Å². The standard InChI is InChI=1S/C22H25NOS/c1-4-5-14-23(3)22(24)21-19(15-17-12-10-16(2)11-13-17)18-8-6-7-9-20(18)25-21/h6-13H,4-5,14-15H2,1-3H3. The zero-order chi connectivity index (χ0) is 17.8. The van der Waals surface area contributed by atoms with Gasteiger partial charge in [0.1, 0.15) is 0 Å². The summed E-state index contributed by atoms with van der Waals surface area (Å²) in [4.78, 5) is 15.8. The quantitative estimate of drug-likeness (QED) is 0.560. The normalized spacial score (nSPS) is 11.0. The van der Waals surface area contributed by atoms with E-state index < -0.39 is 0 Å². The van der Waals surface area contributed by atoms with E-state index in [0.717, 1.165) is 36.2 Å². The molecule has 0 spiro atoms. The average molecular weight is 352 g/mol. The minimum atomic E-state index is 0.150. The molecule has 1 aromatic heterocycles.